The number of hydrazone groups is 1. The van der Waals surface area contributed by atoms with Crippen molar-refractivity contribution >= 4 is 23.0 Å². The largest absolute Gasteiger partial charge is 0.273 e. The Hall–Kier alpha value is -2.08. The van der Waals surface area contributed by atoms with Crippen molar-refractivity contribution < 1.29 is 4.79 Å². The minimum Gasteiger partial charge on any atom is -0.273 e. The average Bonchev–Trinajstić information content (AvgIpc) is 2.82. The van der Waals surface area contributed by atoms with E-state index >= 15 is 0 Å². The van der Waals surface area contributed by atoms with Crippen molar-refractivity contribution in [1.29, 1.82) is 0 Å². The van der Waals surface area contributed by atoms with E-state index in [4.69, 9.17) is 0 Å². The molecule has 0 spiro atoms. The minimum absolute atomic E-state index is 0.180. The fourth-order valence-electron chi connectivity index (χ4n) is 1.47. The van der Waals surface area contributed by atoms with Crippen LogP contribution in [0.1, 0.15) is 23.3 Å². The lowest BCUT2D eigenvalue weighted by Gasteiger charge is -2.01. The van der Waals surface area contributed by atoms with Crippen LogP contribution in [0.25, 0.3) is 0 Å². The summed E-state index contributed by atoms with van der Waals surface area (Å²) in [6, 6.07) is 5.55. The Bertz CT molecular complexity index is 592. The van der Waals surface area contributed by atoms with Crippen molar-refractivity contribution in [3.05, 3.63) is 46.2 Å². The molecule has 0 radical (unpaired) electrons. The van der Waals surface area contributed by atoms with Gasteiger partial charge in [-0.25, -0.2) is 10.4 Å². The van der Waals surface area contributed by atoms with Gasteiger partial charge in [-0.1, -0.05) is 6.07 Å². The summed E-state index contributed by atoms with van der Waals surface area (Å²) in [4.78, 5) is 20.1. The van der Waals surface area contributed by atoms with Crippen molar-refractivity contribution in [3.8, 4) is 0 Å². The van der Waals surface area contributed by atoms with Crippen LogP contribution in [0.4, 0.5) is 0 Å². The summed E-state index contributed by atoms with van der Waals surface area (Å²) in [5, 5.41) is 6.86. The molecular formula is C13H14N4OS. The number of nitrogens with zero attached hydrogens (tertiary/aromatic N) is 3. The van der Waals surface area contributed by atoms with Crippen LogP contribution < -0.4 is 5.43 Å². The quantitative estimate of drug-likeness (QED) is 0.684. The van der Waals surface area contributed by atoms with Crippen molar-refractivity contribution in [2.45, 2.75) is 20.3 Å². The fourth-order valence-corrected chi connectivity index (χ4v) is 2.09. The summed E-state index contributed by atoms with van der Waals surface area (Å²) in [7, 11) is 0. The van der Waals surface area contributed by atoms with Crippen molar-refractivity contribution in [2.75, 3.05) is 0 Å². The Morgan fingerprint density at radius 2 is 2.32 bits per heavy atom. The summed E-state index contributed by atoms with van der Waals surface area (Å²) in [6.45, 7) is 3.71. The van der Waals surface area contributed by atoms with Gasteiger partial charge in [0.1, 0.15) is 0 Å². The molecule has 0 saturated carbocycles. The molecule has 0 aliphatic carbocycles. The third kappa shape index (κ3) is 3.96. The number of pyridine rings is 1. The van der Waals surface area contributed by atoms with Crippen molar-refractivity contribution in [1.82, 2.24) is 15.4 Å². The number of amides is 1. The second-order valence-corrected chi connectivity index (χ2v) is 5.04. The topological polar surface area (TPSA) is 67.2 Å². The van der Waals surface area contributed by atoms with E-state index in [1.165, 1.54) is 11.3 Å². The van der Waals surface area contributed by atoms with Gasteiger partial charge in [-0.05, 0) is 26.0 Å². The normalized spacial score (nSPS) is 11.4. The molecule has 98 valence electrons. The van der Waals surface area contributed by atoms with E-state index in [0.717, 1.165) is 16.4 Å². The lowest BCUT2D eigenvalue weighted by Crippen LogP contribution is -2.21. The Morgan fingerprint density at radius 1 is 1.47 bits per heavy atom. The van der Waals surface area contributed by atoms with Crippen molar-refractivity contribution in [2.24, 2.45) is 5.10 Å². The van der Waals surface area contributed by atoms with Gasteiger partial charge in [0.2, 0.25) is 5.91 Å². The highest BCUT2D eigenvalue weighted by atomic mass is 32.1. The number of hydrogen-bond donors (Lipinski definition) is 1. The zero-order valence-corrected chi connectivity index (χ0v) is 11.6. The Labute approximate surface area is 115 Å². The standard InChI is InChI=1S/C13H14N4OS/c1-9(12-5-3-4-6-14-12)16-17-13(18)7-11-8-19-10(2)15-11/h3-6,8H,7H2,1-2H3,(H,17,18)/b16-9-. The predicted molar refractivity (Wildman–Crippen MR) is 75.1 cm³/mol. The van der Waals surface area contributed by atoms with Crippen LogP contribution in [-0.4, -0.2) is 21.6 Å². The van der Waals surface area contributed by atoms with Crippen LogP contribution in [0.5, 0.6) is 0 Å². The molecule has 0 atom stereocenters. The fraction of sp³-hybridized carbons (Fsp3) is 0.231. The molecule has 0 aliphatic heterocycles. The molecule has 19 heavy (non-hydrogen) atoms. The smallest absolute Gasteiger partial charge is 0.246 e. The number of aryl methyl sites for hydroxylation is 1. The molecule has 2 rings (SSSR count). The van der Waals surface area contributed by atoms with E-state index in [1.54, 1.807) is 13.1 Å². The summed E-state index contributed by atoms with van der Waals surface area (Å²) < 4.78 is 0. The maximum Gasteiger partial charge on any atom is 0.246 e. The van der Waals surface area contributed by atoms with Crippen molar-refractivity contribution in [3.63, 3.8) is 0 Å². The van der Waals surface area contributed by atoms with Crippen LogP contribution in [-0.2, 0) is 11.2 Å². The monoisotopic (exact) mass is 274 g/mol. The highest BCUT2D eigenvalue weighted by Gasteiger charge is 2.06. The second kappa shape index (κ2) is 6.19. The van der Waals surface area contributed by atoms with Gasteiger partial charge >= 0.3 is 0 Å². The van der Waals surface area contributed by atoms with Gasteiger partial charge in [-0.3, -0.25) is 9.78 Å². The zero-order chi connectivity index (χ0) is 13.7. The number of carbonyl (C=O) groups excluding carboxylic acids is 1. The molecule has 0 fully saturated rings. The number of hydrogen-bond acceptors (Lipinski definition) is 5. The number of carbonyl (C=O) groups is 1. The number of aromatic nitrogens is 2. The lowest BCUT2D eigenvalue weighted by molar-refractivity contribution is -0.120. The number of rotatable bonds is 4. The maximum absolute atomic E-state index is 11.7. The van der Waals surface area contributed by atoms with Crippen LogP contribution >= 0.6 is 11.3 Å². The van der Waals surface area contributed by atoms with Crippen LogP contribution in [0, 0.1) is 6.92 Å². The summed E-state index contributed by atoms with van der Waals surface area (Å²) in [5.41, 5.74) is 4.69. The molecule has 1 amide bonds. The van der Waals surface area contributed by atoms with Crippen LogP contribution in [0.2, 0.25) is 0 Å². The Balaban J connectivity index is 1.93. The SMILES string of the molecule is C/C(=N/NC(=O)Cc1csc(C)n1)c1ccccn1. The average molecular weight is 274 g/mol. The lowest BCUT2D eigenvalue weighted by atomic mass is 10.3. The molecule has 0 aliphatic rings. The van der Waals surface area contributed by atoms with Gasteiger partial charge < -0.3 is 0 Å². The van der Waals surface area contributed by atoms with Crippen LogP contribution in [0.3, 0.4) is 0 Å². The van der Waals surface area contributed by atoms with Crippen LogP contribution in [0.15, 0.2) is 34.9 Å². The molecule has 0 saturated heterocycles. The minimum atomic E-state index is -0.180. The van der Waals surface area contributed by atoms with Gasteiger partial charge in [-0.2, -0.15) is 5.10 Å². The third-order valence-corrected chi connectivity index (χ3v) is 3.21. The molecule has 0 bridgehead atoms. The molecule has 2 aromatic heterocycles. The Morgan fingerprint density at radius 3 is 2.95 bits per heavy atom. The zero-order valence-electron chi connectivity index (χ0n) is 10.8. The first-order valence-corrected chi connectivity index (χ1v) is 6.68. The van der Waals surface area contributed by atoms with Gasteiger partial charge in [0.05, 0.1) is 28.5 Å². The molecule has 2 heterocycles. The molecule has 1 N–H and O–H groups in total. The highest BCUT2D eigenvalue weighted by molar-refractivity contribution is 7.09. The van der Waals surface area contributed by atoms with E-state index in [2.05, 4.69) is 20.5 Å². The molecule has 0 unspecified atom stereocenters. The van der Waals surface area contributed by atoms with Gasteiger partial charge in [-0.15, -0.1) is 11.3 Å². The van der Waals surface area contributed by atoms with E-state index in [0.29, 0.717) is 5.71 Å². The first kappa shape index (κ1) is 13.4. The van der Waals surface area contributed by atoms with Gasteiger partial charge in [0, 0.05) is 11.6 Å². The van der Waals surface area contributed by atoms with E-state index in [9.17, 15) is 4.79 Å². The molecule has 2 aromatic rings. The van der Waals surface area contributed by atoms with Gasteiger partial charge in [0.25, 0.3) is 0 Å². The summed E-state index contributed by atoms with van der Waals surface area (Å²) >= 11 is 1.53. The first-order valence-electron chi connectivity index (χ1n) is 5.80. The van der Waals surface area contributed by atoms with E-state index in [1.807, 2.05) is 30.5 Å². The summed E-state index contributed by atoms with van der Waals surface area (Å²) in [5.74, 6) is -0.180. The highest BCUT2D eigenvalue weighted by Crippen LogP contribution is 2.08. The van der Waals surface area contributed by atoms with Gasteiger partial charge in [0.15, 0.2) is 0 Å². The Kier molecular flexibility index (Phi) is 4.35. The third-order valence-electron chi connectivity index (χ3n) is 2.39. The number of nitrogens with one attached hydrogen (secondary N) is 1. The molecule has 0 aromatic carbocycles. The number of thiazole rings is 1. The summed E-state index contributed by atoms with van der Waals surface area (Å²) in [6.07, 6.45) is 1.93. The molecule has 6 heteroatoms. The predicted octanol–water partition coefficient (Wildman–Crippen LogP) is 1.93. The second-order valence-electron chi connectivity index (χ2n) is 3.98. The van der Waals surface area contributed by atoms with E-state index < -0.39 is 0 Å². The maximum atomic E-state index is 11.7. The first-order chi connectivity index (χ1) is 9.15. The molecule has 5 nitrogen and oxygen atoms in total. The molecular weight excluding hydrogens is 260 g/mol. The van der Waals surface area contributed by atoms with E-state index in [-0.39, 0.29) is 12.3 Å².